The summed E-state index contributed by atoms with van der Waals surface area (Å²) >= 11 is -1.30. The van der Waals surface area contributed by atoms with Gasteiger partial charge in [-0.1, -0.05) is 0 Å². The van der Waals surface area contributed by atoms with Gasteiger partial charge in [-0.05, 0) is 0 Å². The van der Waals surface area contributed by atoms with Gasteiger partial charge in [0.1, 0.15) is 0 Å². The summed E-state index contributed by atoms with van der Waals surface area (Å²) < 4.78 is 35.5. The molecule has 0 unspecified atom stereocenters. The molecule has 0 aliphatic rings. The van der Waals surface area contributed by atoms with Crippen LogP contribution in [-0.4, -0.2) is 20.0 Å². The fourth-order valence-corrected chi connectivity index (χ4v) is 1.80. The Morgan fingerprint density at radius 3 is 2.33 bits per heavy atom. The van der Waals surface area contributed by atoms with E-state index in [0.717, 1.165) is 11.1 Å². The van der Waals surface area contributed by atoms with Gasteiger partial charge in [-0.3, -0.25) is 0 Å². The van der Waals surface area contributed by atoms with E-state index in [2.05, 4.69) is 0 Å². The Kier molecular flexibility index (Phi) is 4.43. The summed E-state index contributed by atoms with van der Waals surface area (Å²) in [5.74, 6) is 0. The maximum atomic E-state index is 11.8. The first-order valence-electron chi connectivity index (χ1n) is 4.41. The van der Waals surface area contributed by atoms with Crippen molar-refractivity contribution in [2.24, 2.45) is 0 Å². The van der Waals surface area contributed by atoms with Gasteiger partial charge in [-0.25, -0.2) is 0 Å². The van der Waals surface area contributed by atoms with Gasteiger partial charge in [0.05, 0.1) is 0 Å². The average molecular weight is 279 g/mol. The Morgan fingerprint density at radius 2 is 1.80 bits per heavy atom. The predicted molar refractivity (Wildman–Crippen MR) is 56.8 cm³/mol. The van der Waals surface area contributed by atoms with Crippen LogP contribution < -0.4 is 0 Å². The van der Waals surface area contributed by atoms with E-state index in [9.17, 15) is 13.2 Å². The summed E-state index contributed by atoms with van der Waals surface area (Å²) in [6.07, 6.45) is 3.31. The van der Waals surface area contributed by atoms with Crippen molar-refractivity contribution in [3.05, 3.63) is 41.5 Å². The molecule has 82 valence electrons. The van der Waals surface area contributed by atoms with E-state index in [1.165, 1.54) is 0 Å². The van der Waals surface area contributed by atoms with Crippen molar-refractivity contribution < 1.29 is 13.2 Å². The number of hydrogen-bond donors (Lipinski definition) is 0. The maximum absolute atomic E-state index is 11.8. The van der Waals surface area contributed by atoms with E-state index in [1.54, 1.807) is 12.2 Å². The molecule has 15 heavy (non-hydrogen) atoms. The first kappa shape index (κ1) is 12.3. The summed E-state index contributed by atoms with van der Waals surface area (Å²) in [7, 11) is 0. The molecule has 0 spiro atoms. The fraction of sp³-hybridized carbons (Fsp3) is 0.273. The third-order valence-electron chi connectivity index (χ3n) is 1.73. The van der Waals surface area contributed by atoms with Crippen molar-refractivity contribution in [1.82, 2.24) is 0 Å². The first-order chi connectivity index (χ1) is 6.97. The number of halogens is 3. The van der Waals surface area contributed by atoms with Crippen molar-refractivity contribution in [3.63, 3.8) is 0 Å². The van der Waals surface area contributed by atoms with Crippen LogP contribution >= 0.6 is 0 Å². The molecule has 0 saturated carbocycles. The predicted octanol–water partition coefficient (Wildman–Crippen LogP) is 3.65. The quantitative estimate of drug-likeness (QED) is 0.741. The Bertz CT molecular complexity index is 325. The van der Waals surface area contributed by atoms with Crippen LogP contribution in [0.1, 0.15) is 11.1 Å². The van der Waals surface area contributed by atoms with Crippen LogP contribution in [-0.2, 0) is 0 Å². The molecule has 0 heterocycles. The van der Waals surface area contributed by atoms with Gasteiger partial charge in [-0.2, -0.15) is 0 Å². The van der Waals surface area contributed by atoms with Gasteiger partial charge in [0.15, 0.2) is 0 Å². The second kappa shape index (κ2) is 5.38. The van der Waals surface area contributed by atoms with Crippen LogP contribution in [0.2, 0.25) is 5.32 Å². The summed E-state index contributed by atoms with van der Waals surface area (Å²) in [4.78, 5) is 0. The Balaban J connectivity index is 2.42. The molecule has 0 bridgehead atoms. The second-order valence-corrected chi connectivity index (χ2v) is 5.35. The van der Waals surface area contributed by atoms with Gasteiger partial charge in [-0.15, -0.1) is 0 Å². The van der Waals surface area contributed by atoms with E-state index >= 15 is 0 Å². The third-order valence-corrected chi connectivity index (χ3v) is 3.17. The molecule has 1 aromatic carbocycles. The van der Waals surface area contributed by atoms with Crippen molar-refractivity contribution in [2.45, 2.75) is 17.3 Å². The van der Waals surface area contributed by atoms with Crippen LogP contribution in [0.4, 0.5) is 13.2 Å². The second-order valence-electron chi connectivity index (χ2n) is 3.07. The third kappa shape index (κ3) is 5.65. The summed E-state index contributed by atoms with van der Waals surface area (Å²) in [5, 5.41) is -3.89. The molecule has 4 heteroatoms. The molecule has 0 aromatic heterocycles. The molecule has 0 radical (unpaired) electrons. The van der Waals surface area contributed by atoms with Gasteiger partial charge < -0.3 is 0 Å². The van der Waals surface area contributed by atoms with Crippen molar-refractivity contribution in [1.29, 1.82) is 0 Å². The molecule has 0 aliphatic heterocycles. The van der Waals surface area contributed by atoms with E-state index < -0.39 is 20.0 Å². The summed E-state index contributed by atoms with van der Waals surface area (Å²) in [5.41, 5.74) is 2.09. The van der Waals surface area contributed by atoms with E-state index in [0.29, 0.717) is 0 Å². The van der Waals surface area contributed by atoms with Gasteiger partial charge >= 0.3 is 93.0 Å². The molecule has 0 nitrogen and oxygen atoms in total. The van der Waals surface area contributed by atoms with Crippen molar-refractivity contribution in [3.8, 4) is 0 Å². The Hall–Kier alpha value is -0.731. The molecule has 0 N–H and O–H groups in total. The Morgan fingerprint density at radius 1 is 1.20 bits per heavy atom. The van der Waals surface area contributed by atoms with Crippen LogP contribution in [0, 0.1) is 6.92 Å². The molecular formula is C11H11F3Se. The van der Waals surface area contributed by atoms with Crippen LogP contribution in [0.15, 0.2) is 30.3 Å². The van der Waals surface area contributed by atoms with Crippen LogP contribution in [0.5, 0.6) is 0 Å². The van der Waals surface area contributed by atoms with Crippen LogP contribution in [0.3, 0.4) is 0 Å². The minimum atomic E-state index is -4.00. The van der Waals surface area contributed by atoms with E-state index in [-0.39, 0.29) is 5.32 Å². The van der Waals surface area contributed by atoms with Gasteiger partial charge in [0, 0.05) is 0 Å². The van der Waals surface area contributed by atoms with Crippen LogP contribution in [0.25, 0.3) is 6.08 Å². The SMILES string of the molecule is Cc1ccc(/C=C/C[Se]C(F)(F)F)cc1. The van der Waals surface area contributed by atoms with Crippen molar-refractivity contribution >= 4 is 21.0 Å². The number of rotatable bonds is 3. The number of benzene rings is 1. The number of aryl methyl sites for hydroxylation is 1. The standard InChI is InChI=1S/C11H11F3Se/c1-9-4-6-10(7-5-9)3-2-8-15-11(12,13)14/h2-7H,8H2,1H3/b3-2+. The van der Waals surface area contributed by atoms with Crippen molar-refractivity contribution in [2.75, 3.05) is 0 Å². The van der Waals surface area contributed by atoms with Gasteiger partial charge in [0.2, 0.25) is 0 Å². The molecule has 1 aromatic rings. The van der Waals surface area contributed by atoms with E-state index in [1.807, 2.05) is 31.2 Å². The van der Waals surface area contributed by atoms with E-state index in [4.69, 9.17) is 0 Å². The molecule has 0 amide bonds. The summed E-state index contributed by atoms with van der Waals surface area (Å²) in [6, 6.07) is 7.67. The normalized spacial score (nSPS) is 12.3. The zero-order chi connectivity index (χ0) is 11.3. The first-order valence-corrected chi connectivity index (χ1v) is 6.48. The summed E-state index contributed by atoms with van der Waals surface area (Å²) in [6.45, 7) is 1.97. The molecular weight excluding hydrogens is 268 g/mol. The molecule has 0 fully saturated rings. The molecule has 0 atom stereocenters. The zero-order valence-corrected chi connectivity index (χ0v) is 9.93. The molecule has 0 saturated heterocycles. The van der Waals surface area contributed by atoms with Gasteiger partial charge in [0.25, 0.3) is 0 Å². The minimum absolute atomic E-state index is 0.102. The molecule has 0 aliphatic carbocycles. The number of hydrogen-bond acceptors (Lipinski definition) is 0. The molecule has 1 rings (SSSR count). The monoisotopic (exact) mass is 280 g/mol. The topological polar surface area (TPSA) is 0 Å². The average Bonchev–Trinajstić information content (AvgIpc) is 2.14. The number of allylic oxidation sites excluding steroid dienone is 1. The fourth-order valence-electron chi connectivity index (χ4n) is 1.00. The number of alkyl halides is 3. The Labute approximate surface area is 93.3 Å². The zero-order valence-electron chi connectivity index (χ0n) is 8.21.